The second-order valence-electron chi connectivity index (χ2n) is 3.65. The van der Waals surface area contributed by atoms with Crippen molar-refractivity contribution in [3.63, 3.8) is 0 Å². The predicted molar refractivity (Wildman–Crippen MR) is 50.9 cm³/mol. The monoisotopic (exact) mass is 179 g/mol. The van der Waals surface area contributed by atoms with Gasteiger partial charge in [0, 0.05) is 0 Å². The van der Waals surface area contributed by atoms with E-state index in [2.05, 4.69) is 32.7 Å². The smallest absolute Gasteiger partial charge is 0.231 e. The van der Waals surface area contributed by atoms with E-state index in [1.165, 1.54) is 0 Å². The Morgan fingerprint density at radius 2 is 1.80 bits per heavy atom. The SMILES string of the molecule is CC[Si](Cl)(NC)C(C)(C)C. The molecule has 3 heteroatoms. The topological polar surface area (TPSA) is 12.0 Å². The number of nitrogens with one attached hydrogen (secondary N) is 1. The number of rotatable bonds is 2. The Morgan fingerprint density at radius 1 is 1.40 bits per heavy atom. The van der Waals surface area contributed by atoms with Crippen molar-refractivity contribution in [1.29, 1.82) is 0 Å². The molecule has 0 aliphatic carbocycles. The second kappa shape index (κ2) is 3.24. The molecule has 0 heterocycles. The normalized spacial score (nSPS) is 18.6. The molecule has 0 amide bonds. The number of hydrogen-bond acceptors (Lipinski definition) is 1. The highest BCUT2D eigenvalue weighted by Gasteiger charge is 2.40. The molecule has 1 unspecified atom stereocenters. The summed E-state index contributed by atoms with van der Waals surface area (Å²) in [5.41, 5.74) is 0. The zero-order valence-corrected chi connectivity index (χ0v) is 9.34. The molecule has 0 aromatic carbocycles. The van der Waals surface area contributed by atoms with E-state index in [1.54, 1.807) is 0 Å². The van der Waals surface area contributed by atoms with Crippen LogP contribution in [0.5, 0.6) is 0 Å². The molecule has 0 spiro atoms. The van der Waals surface area contributed by atoms with E-state index in [0.717, 1.165) is 6.04 Å². The van der Waals surface area contributed by atoms with E-state index >= 15 is 0 Å². The molecule has 0 fully saturated rings. The van der Waals surface area contributed by atoms with Gasteiger partial charge in [0.25, 0.3) is 0 Å². The summed E-state index contributed by atoms with van der Waals surface area (Å²) in [6, 6.07) is 1.08. The van der Waals surface area contributed by atoms with Crippen molar-refractivity contribution in [2.45, 2.75) is 38.8 Å². The maximum Gasteiger partial charge on any atom is 0.231 e. The van der Waals surface area contributed by atoms with Crippen LogP contribution in [0.3, 0.4) is 0 Å². The maximum absolute atomic E-state index is 6.41. The van der Waals surface area contributed by atoms with Crippen LogP contribution in [0.2, 0.25) is 11.1 Å². The Bertz CT molecular complexity index is 105. The minimum atomic E-state index is -1.68. The molecule has 10 heavy (non-hydrogen) atoms. The van der Waals surface area contributed by atoms with Crippen LogP contribution in [0.25, 0.3) is 0 Å². The molecule has 0 aromatic rings. The molecule has 0 bridgehead atoms. The van der Waals surface area contributed by atoms with Crippen LogP contribution in [0.1, 0.15) is 27.7 Å². The molecule has 0 rings (SSSR count). The Kier molecular flexibility index (Phi) is 3.39. The Labute approximate surface area is 69.9 Å². The first-order chi connectivity index (χ1) is 4.37. The third kappa shape index (κ3) is 1.97. The summed E-state index contributed by atoms with van der Waals surface area (Å²) < 4.78 is 0. The van der Waals surface area contributed by atoms with Crippen molar-refractivity contribution in [2.75, 3.05) is 7.05 Å². The molecule has 0 aromatic heterocycles. The highest BCUT2D eigenvalue weighted by Crippen LogP contribution is 2.38. The van der Waals surface area contributed by atoms with Crippen LogP contribution in [0.15, 0.2) is 0 Å². The van der Waals surface area contributed by atoms with Crippen molar-refractivity contribution in [2.24, 2.45) is 0 Å². The zero-order valence-electron chi connectivity index (χ0n) is 7.59. The number of hydrogen-bond donors (Lipinski definition) is 1. The fourth-order valence-electron chi connectivity index (χ4n) is 1.08. The summed E-state index contributed by atoms with van der Waals surface area (Å²) in [5, 5.41) is 0.248. The van der Waals surface area contributed by atoms with Gasteiger partial charge in [0.15, 0.2) is 0 Å². The van der Waals surface area contributed by atoms with Gasteiger partial charge in [0.05, 0.1) is 0 Å². The van der Waals surface area contributed by atoms with Crippen LogP contribution in [-0.2, 0) is 0 Å². The van der Waals surface area contributed by atoms with Gasteiger partial charge in [-0.25, -0.2) is 0 Å². The largest absolute Gasteiger partial charge is 0.328 e. The lowest BCUT2D eigenvalue weighted by atomic mass is 10.2. The first kappa shape index (κ1) is 10.5. The zero-order chi connectivity index (χ0) is 8.41. The standard InChI is InChI=1S/C7H18ClNSi/c1-6-10(8,9-5)7(2,3)4/h9H,6H2,1-5H3. The van der Waals surface area contributed by atoms with Gasteiger partial charge in [0.1, 0.15) is 0 Å². The summed E-state index contributed by atoms with van der Waals surface area (Å²) in [6.07, 6.45) is 0. The second-order valence-corrected chi connectivity index (χ2v) is 9.90. The van der Waals surface area contributed by atoms with E-state index in [9.17, 15) is 0 Å². The summed E-state index contributed by atoms with van der Waals surface area (Å²) in [5.74, 6) is 0. The Hall–Kier alpha value is 0.467. The molecular weight excluding hydrogens is 162 g/mol. The lowest BCUT2D eigenvalue weighted by Gasteiger charge is -2.35. The van der Waals surface area contributed by atoms with Crippen LogP contribution < -0.4 is 4.98 Å². The van der Waals surface area contributed by atoms with Gasteiger partial charge in [-0.05, 0) is 18.1 Å². The molecule has 0 radical (unpaired) electrons. The average Bonchev–Trinajstić information content (AvgIpc) is 1.84. The molecular formula is C7H18ClNSi. The highest BCUT2D eigenvalue weighted by molar-refractivity contribution is 7.20. The molecule has 1 atom stereocenters. The van der Waals surface area contributed by atoms with Gasteiger partial charge < -0.3 is 4.98 Å². The van der Waals surface area contributed by atoms with E-state index in [1.807, 2.05) is 7.05 Å². The molecule has 0 saturated heterocycles. The summed E-state index contributed by atoms with van der Waals surface area (Å²) in [4.78, 5) is 3.27. The van der Waals surface area contributed by atoms with Gasteiger partial charge in [-0.1, -0.05) is 27.7 Å². The average molecular weight is 180 g/mol. The predicted octanol–water partition coefficient (Wildman–Crippen LogP) is 2.71. The maximum atomic E-state index is 6.41. The van der Waals surface area contributed by atoms with E-state index in [4.69, 9.17) is 11.1 Å². The molecule has 62 valence electrons. The third-order valence-electron chi connectivity index (χ3n) is 2.07. The molecule has 0 aliphatic rings. The van der Waals surface area contributed by atoms with E-state index in [0.29, 0.717) is 0 Å². The molecule has 1 N–H and O–H groups in total. The number of halogens is 1. The summed E-state index contributed by atoms with van der Waals surface area (Å²) in [6.45, 7) is 8.76. The molecule has 0 aliphatic heterocycles. The lowest BCUT2D eigenvalue weighted by molar-refractivity contribution is 0.706. The Morgan fingerprint density at radius 3 is 1.80 bits per heavy atom. The molecule has 0 saturated carbocycles. The van der Waals surface area contributed by atoms with Crippen molar-refractivity contribution in [3.8, 4) is 0 Å². The Balaban J connectivity index is 4.33. The van der Waals surface area contributed by atoms with E-state index in [-0.39, 0.29) is 5.04 Å². The van der Waals surface area contributed by atoms with Gasteiger partial charge in [-0.15, -0.1) is 11.1 Å². The van der Waals surface area contributed by atoms with Crippen molar-refractivity contribution >= 4 is 18.6 Å². The van der Waals surface area contributed by atoms with Crippen molar-refractivity contribution in [1.82, 2.24) is 4.98 Å². The summed E-state index contributed by atoms with van der Waals surface area (Å²) >= 11 is 6.41. The van der Waals surface area contributed by atoms with Gasteiger partial charge >= 0.3 is 0 Å². The molecule has 1 nitrogen and oxygen atoms in total. The summed E-state index contributed by atoms with van der Waals surface area (Å²) in [7, 11) is 0.290. The fraction of sp³-hybridized carbons (Fsp3) is 1.00. The van der Waals surface area contributed by atoms with Crippen molar-refractivity contribution < 1.29 is 0 Å². The quantitative estimate of drug-likeness (QED) is 0.508. The first-order valence-corrected chi connectivity index (χ1v) is 6.97. The van der Waals surface area contributed by atoms with Crippen LogP contribution in [0.4, 0.5) is 0 Å². The first-order valence-electron chi connectivity index (χ1n) is 3.75. The van der Waals surface area contributed by atoms with Crippen LogP contribution >= 0.6 is 11.1 Å². The minimum absolute atomic E-state index is 0.248. The van der Waals surface area contributed by atoms with Gasteiger partial charge in [0.2, 0.25) is 7.55 Å². The van der Waals surface area contributed by atoms with Gasteiger partial charge in [-0.2, -0.15) is 0 Å². The van der Waals surface area contributed by atoms with Crippen molar-refractivity contribution in [3.05, 3.63) is 0 Å². The highest BCUT2D eigenvalue weighted by atomic mass is 35.6. The van der Waals surface area contributed by atoms with Gasteiger partial charge in [-0.3, -0.25) is 0 Å². The van der Waals surface area contributed by atoms with Crippen LogP contribution in [0, 0.1) is 0 Å². The third-order valence-corrected chi connectivity index (χ3v) is 9.29. The fourth-order valence-corrected chi connectivity index (χ4v) is 3.25. The van der Waals surface area contributed by atoms with Crippen LogP contribution in [-0.4, -0.2) is 14.6 Å². The van der Waals surface area contributed by atoms with E-state index < -0.39 is 7.55 Å². The lowest BCUT2D eigenvalue weighted by Crippen LogP contribution is -2.50. The minimum Gasteiger partial charge on any atom is -0.328 e.